The van der Waals surface area contributed by atoms with Crippen molar-refractivity contribution in [2.45, 2.75) is 44.8 Å². The monoisotopic (exact) mass is 540 g/mol. The third-order valence-corrected chi connectivity index (χ3v) is 7.80. The minimum Gasteiger partial charge on any atom is -0.482 e. The maximum Gasteiger partial charge on any atom is 0.254 e. The molecule has 2 saturated heterocycles. The normalized spacial score (nSPS) is 18.6. The van der Waals surface area contributed by atoms with Gasteiger partial charge in [0.05, 0.1) is 5.02 Å². The Kier molecular flexibility index (Phi) is 7.81. The molecular weight excluding hydrogens is 510 g/mol. The van der Waals surface area contributed by atoms with Crippen LogP contribution >= 0.6 is 11.6 Å². The Balaban J connectivity index is 1.36. The van der Waals surface area contributed by atoms with Crippen LogP contribution in [0.1, 0.15) is 54.6 Å². The molecule has 6 nitrogen and oxygen atoms in total. The van der Waals surface area contributed by atoms with Gasteiger partial charge in [-0.2, -0.15) is 0 Å². The minimum atomic E-state index is -0.923. The van der Waals surface area contributed by atoms with Gasteiger partial charge in [-0.1, -0.05) is 23.7 Å². The average molecular weight is 541 g/mol. The lowest BCUT2D eigenvalue weighted by molar-refractivity contribution is 0.0709. The molecule has 0 aliphatic carbocycles. The van der Waals surface area contributed by atoms with Gasteiger partial charge in [-0.05, 0) is 81.6 Å². The summed E-state index contributed by atoms with van der Waals surface area (Å²) in [6.45, 7) is 5.48. The highest BCUT2D eigenvalue weighted by Crippen LogP contribution is 2.35. The molecule has 1 amide bonds. The molecule has 3 heterocycles. The third-order valence-electron chi connectivity index (χ3n) is 7.42. The quantitative estimate of drug-likeness (QED) is 0.366. The summed E-state index contributed by atoms with van der Waals surface area (Å²) in [5.74, 6) is -1.08. The van der Waals surface area contributed by atoms with Gasteiger partial charge in [0.1, 0.15) is 17.7 Å². The molecule has 1 unspecified atom stereocenters. The Hall–Kier alpha value is -3.23. The number of hydrogen-bond donors (Lipinski definition) is 1. The van der Waals surface area contributed by atoms with Crippen LogP contribution in [0.25, 0.3) is 11.1 Å². The van der Waals surface area contributed by atoms with Crippen LogP contribution < -0.4 is 10.5 Å². The molecule has 0 spiro atoms. The van der Waals surface area contributed by atoms with Gasteiger partial charge in [-0.3, -0.25) is 4.79 Å². The van der Waals surface area contributed by atoms with Crippen LogP contribution in [0.15, 0.2) is 48.7 Å². The average Bonchev–Trinajstić information content (AvgIpc) is 3.60. The molecule has 2 aliphatic heterocycles. The summed E-state index contributed by atoms with van der Waals surface area (Å²) in [7, 11) is 0. The van der Waals surface area contributed by atoms with E-state index in [0.29, 0.717) is 11.1 Å². The maximum atomic E-state index is 14.4. The second kappa shape index (κ2) is 11.3. The van der Waals surface area contributed by atoms with Crippen LogP contribution in [-0.4, -0.2) is 52.9 Å². The van der Waals surface area contributed by atoms with Gasteiger partial charge in [0.25, 0.3) is 5.91 Å². The molecule has 2 aliphatic rings. The van der Waals surface area contributed by atoms with E-state index in [1.165, 1.54) is 12.8 Å². The van der Waals surface area contributed by atoms with Gasteiger partial charge >= 0.3 is 0 Å². The zero-order valence-corrected chi connectivity index (χ0v) is 22.1. The number of nitrogens with zero attached hydrogens (tertiary/aromatic N) is 3. The number of halogens is 3. The number of pyridine rings is 1. The molecule has 3 aromatic rings. The highest BCUT2D eigenvalue weighted by Gasteiger charge is 2.31. The van der Waals surface area contributed by atoms with Gasteiger partial charge < -0.3 is 20.3 Å². The summed E-state index contributed by atoms with van der Waals surface area (Å²) in [6.07, 6.45) is 5.17. The van der Waals surface area contributed by atoms with Crippen molar-refractivity contribution in [3.8, 4) is 16.9 Å². The van der Waals surface area contributed by atoms with Gasteiger partial charge in [0, 0.05) is 42.0 Å². The number of carbonyl (C=O) groups is 1. The molecule has 2 aromatic carbocycles. The number of benzene rings is 2. The summed E-state index contributed by atoms with van der Waals surface area (Å²) < 4.78 is 34.2. The van der Waals surface area contributed by atoms with E-state index < -0.39 is 17.7 Å². The number of hydrogen-bond acceptors (Lipinski definition) is 5. The standard InChI is InChI=1S/C29H31ClF2N4O2/c1-18(26-23(31)9-10-24(32)27(26)30)38-25-15-21(16-34-28(25)33)19-6-4-7-20(14-19)29(37)36-13-5-8-22(36)17-35-11-2-3-12-35/h4,6-7,9-10,14-16,18,22H,2-3,5,8,11-13,17H2,1H3,(H2,33,34)/t18?,22-/m1/s1. The highest BCUT2D eigenvalue weighted by molar-refractivity contribution is 6.31. The summed E-state index contributed by atoms with van der Waals surface area (Å²) in [4.78, 5) is 22.2. The van der Waals surface area contributed by atoms with Gasteiger partial charge in [0.15, 0.2) is 11.6 Å². The van der Waals surface area contributed by atoms with E-state index in [9.17, 15) is 13.6 Å². The smallest absolute Gasteiger partial charge is 0.254 e. The number of likely N-dealkylation sites (tertiary alicyclic amines) is 2. The molecule has 0 saturated carbocycles. The largest absolute Gasteiger partial charge is 0.482 e. The fraction of sp³-hybridized carbons (Fsp3) is 0.379. The lowest BCUT2D eigenvalue weighted by Crippen LogP contribution is -2.42. The van der Waals surface area contributed by atoms with Crippen molar-refractivity contribution >= 4 is 23.3 Å². The number of anilines is 1. The number of carbonyl (C=O) groups excluding carboxylic acids is 1. The maximum absolute atomic E-state index is 14.4. The van der Waals surface area contributed by atoms with E-state index in [2.05, 4.69) is 9.88 Å². The summed E-state index contributed by atoms with van der Waals surface area (Å²) >= 11 is 6.00. The summed E-state index contributed by atoms with van der Waals surface area (Å²) in [5.41, 5.74) is 8.00. The van der Waals surface area contributed by atoms with Crippen molar-refractivity contribution in [3.05, 3.63) is 76.4 Å². The van der Waals surface area contributed by atoms with Crippen molar-refractivity contribution in [1.82, 2.24) is 14.8 Å². The van der Waals surface area contributed by atoms with E-state index in [-0.39, 0.29) is 34.1 Å². The van der Waals surface area contributed by atoms with E-state index in [0.717, 1.165) is 56.7 Å². The highest BCUT2D eigenvalue weighted by atomic mass is 35.5. The SMILES string of the molecule is CC(Oc1cc(-c2cccc(C(=O)N3CCC[C@@H]3CN3CCCC3)c2)cnc1N)c1c(F)ccc(F)c1Cl. The summed E-state index contributed by atoms with van der Waals surface area (Å²) in [6, 6.07) is 11.3. The second-order valence-electron chi connectivity index (χ2n) is 10.0. The van der Waals surface area contributed by atoms with E-state index >= 15 is 0 Å². The molecule has 1 aromatic heterocycles. The van der Waals surface area contributed by atoms with Crippen LogP contribution in [0.4, 0.5) is 14.6 Å². The first-order chi connectivity index (χ1) is 18.3. The Bertz CT molecular complexity index is 1330. The topological polar surface area (TPSA) is 71.7 Å². The molecule has 200 valence electrons. The van der Waals surface area contributed by atoms with Crippen molar-refractivity contribution in [1.29, 1.82) is 0 Å². The van der Waals surface area contributed by atoms with Crippen LogP contribution in [0, 0.1) is 11.6 Å². The van der Waals surface area contributed by atoms with Gasteiger partial charge in [-0.15, -0.1) is 0 Å². The predicted molar refractivity (Wildman–Crippen MR) is 144 cm³/mol. The Morgan fingerprint density at radius 1 is 1.11 bits per heavy atom. The fourth-order valence-electron chi connectivity index (χ4n) is 5.43. The Morgan fingerprint density at radius 2 is 1.87 bits per heavy atom. The number of nitrogens with two attached hydrogens (primary N) is 1. The molecule has 5 rings (SSSR count). The molecule has 38 heavy (non-hydrogen) atoms. The van der Waals surface area contributed by atoms with Crippen LogP contribution in [0.5, 0.6) is 5.75 Å². The van der Waals surface area contributed by atoms with Crippen molar-refractivity contribution in [2.24, 2.45) is 0 Å². The predicted octanol–water partition coefficient (Wildman–Crippen LogP) is 6.10. The number of ether oxygens (including phenoxy) is 1. The lowest BCUT2D eigenvalue weighted by Gasteiger charge is -2.28. The molecule has 2 atom stereocenters. The number of rotatable bonds is 7. The minimum absolute atomic E-state index is 0.0262. The molecule has 2 fully saturated rings. The van der Waals surface area contributed by atoms with Crippen LogP contribution in [0.3, 0.4) is 0 Å². The van der Waals surface area contributed by atoms with E-state index in [1.54, 1.807) is 19.2 Å². The lowest BCUT2D eigenvalue weighted by atomic mass is 10.0. The molecular formula is C29H31ClF2N4O2. The van der Waals surface area contributed by atoms with Crippen LogP contribution in [0.2, 0.25) is 5.02 Å². The summed E-state index contributed by atoms with van der Waals surface area (Å²) in [5, 5.41) is -0.337. The first kappa shape index (κ1) is 26.4. The van der Waals surface area contributed by atoms with Crippen molar-refractivity contribution in [3.63, 3.8) is 0 Å². The first-order valence-electron chi connectivity index (χ1n) is 13.0. The molecule has 2 N–H and O–H groups in total. The van der Waals surface area contributed by atoms with Crippen molar-refractivity contribution in [2.75, 3.05) is 31.9 Å². The zero-order valence-electron chi connectivity index (χ0n) is 21.3. The van der Waals surface area contributed by atoms with Crippen LogP contribution in [-0.2, 0) is 0 Å². The second-order valence-corrected chi connectivity index (χ2v) is 10.4. The van der Waals surface area contributed by atoms with Gasteiger partial charge in [0.2, 0.25) is 0 Å². The van der Waals surface area contributed by atoms with Gasteiger partial charge in [-0.25, -0.2) is 13.8 Å². The number of amides is 1. The molecule has 9 heteroatoms. The zero-order chi connectivity index (χ0) is 26.8. The van der Waals surface area contributed by atoms with E-state index in [1.807, 2.05) is 29.2 Å². The molecule has 0 bridgehead atoms. The Labute approximate surface area is 226 Å². The van der Waals surface area contributed by atoms with Crippen molar-refractivity contribution < 1.29 is 18.3 Å². The number of aromatic nitrogens is 1. The third kappa shape index (κ3) is 5.47. The number of nitrogen functional groups attached to an aromatic ring is 1. The first-order valence-corrected chi connectivity index (χ1v) is 13.4. The molecule has 0 radical (unpaired) electrons. The Morgan fingerprint density at radius 3 is 2.66 bits per heavy atom. The fourth-order valence-corrected chi connectivity index (χ4v) is 5.73. The van der Waals surface area contributed by atoms with E-state index in [4.69, 9.17) is 22.1 Å².